The van der Waals surface area contributed by atoms with Gasteiger partial charge in [-0.05, 0) is 41.8 Å². The SMILES string of the molecule is Clc1cc(Cc2ccc(Br)cc2)cc(Cl)c1Cl. The van der Waals surface area contributed by atoms with Gasteiger partial charge in [-0.15, -0.1) is 0 Å². The van der Waals surface area contributed by atoms with Crippen molar-refractivity contribution in [3.05, 3.63) is 67.1 Å². The summed E-state index contributed by atoms with van der Waals surface area (Å²) in [7, 11) is 0. The minimum atomic E-state index is 0.410. The van der Waals surface area contributed by atoms with E-state index in [0.29, 0.717) is 15.1 Å². The van der Waals surface area contributed by atoms with Gasteiger partial charge in [0, 0.05) is 4.47 Å². The Balaban J connectivity index is 2.27. The van der Waals surface area contributed by atoms with Crippen LogP contribution in [-0.2, 0) is 6.42 Å². The van der Waals surface area contributed by atoms with Crippen LogP contribution in [0.3, 0.4) is 0 Å². The fourth-order valence-corrected chi connectivity index (χ4v) is 2.45. The van der Waals surface area contributed by atoms with Crippen molar-refractivity contribution >= 4 is 50.7 Å². The summed E-state index contributed by atoms with van der Waals surface area (Å²) in [6, 6.07) is 11.8. The van der Waals surface area contributed by atoms with Gasteiger partial charge in [-0.3, -0.25) is 0 Å². The Morgan fingerprint density at radius 1 is 0.824 bits per heavy atom. The fourth-order valence-electron chi connectivity index (χ4n) is 1.55. The number of benzene rings is 2. The second-order valence-corrected chi connectivity index (χ2v) is 5.78. The van der Waals surface area contributed by atoms with Crippen LogP contribution in [0.5, 0.6) is 0 Å². The van der Waals surface area contributed by atoms with Crippen LogP contribution in [0.15, 0.2) is 40.9 Å². The first kappa shape index (κ1) is 13.2. The molecule has 0 fully saturated rings. The van der Waals surface area contributed by atoms with E-state index in [1.165, 1.54) is 5.56 Å². The van der Waals surface area contributed by atoms with Gasteiger partial charge in [0.2, 0.25) is 0 Å². The third-order valence-electron chi connectivity index (χ3n) is 2.37. The molecule has 0 aromatic heterocycles. The molecule has 0 heterocycles. The predicted octanol–water partition coefficient (Wildman–Crippen LogP) is 6.00. The zero-order valence-corrected chi connectivity index (χ0v) is 12.5. The number of rotatable bonds is 2. The molecule has 0 spiro atoms. The maximum atomic E-state index is 5.99. The first-order valence-corrected chi connectivity index (χ1v) is 6.87. The van der Waals surface area contributed by atoms with E-state index < -0.39 is 0 Å². The number of hydrogen-bond acceptors (Lipinski definition) is 0. The van der Waals surface area contributed by atoms with Crippen molar-refractivity contribution < 1.29 is 0 Å². The molecule has 2 rings (SSSR count). The summed E-state index contributed by atoms with van der Waals surface area (Å²) < 4.78 is 1.06. The average molecular weight is 350 g/mol. The van der Waals surface area contributed by atoms with E-state index in [4.69, 9.17) is 34.8 Å². The third kappa shape index (κ3) is 3.38. The topological polar surface area (TPSA) is 0 Å². The highest BCUT2D eigenvalue weighted by atomic mass is 79.9. The molecule has 0 amide bonds. The van der Waals surface area contributed by atoms with Gasteiger partial charge in [0.25, 0.3) is 0 Å². The summed E-state index contributed by atoms with van der Waals surface area (Å²) in [5, 5.41) is 1.39. The van der Waals surface area contributed by atoms with Crippen LogP contribution in [0.1, 0.15) is 11.1 Å². The first-order valence-electron chi connectivity index (χ1n) is 4.94. The lowest BCUT2D eigenvalue weighted by atomic mass is 10.1. The lowest BCUT2D eigenvalue weighted by Gasteiger charge is -2.06. The van der Waals surface area contributed by atoms with Crippen molar-refractivity contribution in [1.82, 2.24) is 0 Å². The highest BCUT2D eigenvalue weighted by Crippen LogP contribution is 2.31. The molecule has 0 saturated carbocycles. The molecule has 0 radical (unpaired) electrons. The van der Waals surface area contributed by atoms with E-state index in [0.717, 1.165) is 16.5 Å². The number of hydrogen-bond donors (Lipinski definition) is 0. The Kier molecular flexibility index (Phi) is 4.37. The molecule has 0 N–H and O–H groups in total. The van der Waals surface area contributed by atoms with E-state index >= 15 is 0 Å². The fraction of sp³-hybridized carbons (Fsp3) is 0.0769. The zero-order chi connectivity index (χ0) is 12.4. The van der Waals surface area contributed by atoms with E-state index in [-0.39, 0.29) is 0 Å². The zero-order valence-electron chi connectivity index (χ0n) is 8.68. The molecule has 0 aliphatic carbocycles. The molecule has 0 saturated heterocycles. The van der Waals surface area contributed by atoms with E-state index in [1.807, 2.05) is 24.3 Å². The maximum Gasteiger partial charge on any atom is 0.0778 e. The lowest BCUT2D eigenvalue weighted by molar-refractivity contribution is 1.19. The van der Waals surface area contributed by atoms with Crippen LogP contribution in [-0.4, -0.2) is 0 Å². The Hall–Kier alpha value is -0.210. The molecule has 0 aliphatic rings. The van der Waals surface area contributed by atoms with Crippen LogP contribution in [0.25, 0.3) is 0 Å². The maximum absolute atomic E-state index is 5.99. The molecular weight excluding hydrogens is 342 g/mol. The predicted molar refractivity (Wildman–Crippen MR) is 78.4 cm³/mol. The molecule has 0 nitrogen and oxygen atoms in total. The second kappa shape index (κ2) is 5.62. The second-order valence-electron chi connectivity index (χ2n) is 3.68. The molecule has 2 aromatic rings. The van der Waals surface area contributed by atoms with Gasteiger partial charge in [-0.1, -0.05) is 62.9 Å². The van der Waals surface area contributed by atoms with Crippen molar-refractivity contribution in [2.24, 2.45) is 0 Å². The van der Waals surface area contributed by atoms with Crippen molar-refractivity contribution in [1.29, 1.82) is 0 Å². The van der Waals surface area contributed by atoms with E-state index in [9.17, 15) is 0 Å². The number of halogens is 4. The monoisotopic (exact) mass is 348 g/mol. The molecule has 17 heavy (non-hydrogen) atoms. The molecule has 88 valence electrons. The van der Waals surface area contributed by atoms with E-state index in [1.54, 1.807) is 0 Å². The molecule has 2 aromatic carbocycles. The molecule has 4 heteroatoms. The molecule has 0 aliphatic heterocycles. The summed E-state index contributed by atoms with van der Waals surface area (Å²) in [5.41, 5.74) is 2.24. The smallest absolute Gasteiger partial charge is 0.0778 e. The Bertz CT molecular complexity index is 512. The van der Waals surface area contributed by atoms with Crippen molar-refractivity contribution in [2.75, 3.05) is 0 Å². The summed E-state index contributed by atoms with van der Waals surface area (Å²) in [5.74, 6) is 0. The van der Waals surface area contributed by atoms with Crippen molar-refractivity contribution in [3.63, 3.8) is 0 Å². The molecule has 0 unspecified atom stereocenters. The quantitative estimate of drug-likeness (QED) is 0.583. The summed E-state index contributed by atoms with van der Waals surface area (Å²) in [4.78, 5) is 0. The third-order valence-corrected chi connectivity index (χ3v) is 4.09. The van der Waals surface area contributed by atoms with Crippen LogP contribution in [0, 0.1) is 0 Å². The summed E-state index contributed by atoms with van der Waals surface area (Å²) in [6.45, 7) is 0. The Labute approximate surface area is 124 Å². The highest BCUT2D eigenvalue weighted by Gasteiger charge is 2.06. The minimum Gasteiger partial charge on any atom is -0.0826 e. The van der Waals surface area contributed by atoms with Gasteiger partial charge in [0.1, 0.15) is 0 Å². The highest BCUT2D eigenvalue weighted by molar-refractivity contribution is 9.10. The van der Waals surface area contributed by atoms with Crippen LogP contribution >= 0.6 is 50.7 Å². The van der Waals surface area contributed by atoms with Gasteiger partial charge in [-0.2, -0.15) is 0 Å². The van der Waals surface area contributed by atoms with Crippen LogP contribution in [0.4, 0.5) is 0 Å². The largest absolute Gasteiger partial charge is 0.0826 e. The van der Waals surface area contributed by atoms with Gasteiger partial charge in [0.15, 0.2) is 0 Å². The van der Waals surface area contributed by atoms with Gasteiger partial charge < -0.3 is 0 Å². The standard InChI is InChI=1S/C13H8BrCl3/c14-10-3-1-8(2-4-10)5-9-6-11(15)13(17)12(16)7-9/h1-4,6-7H,5H2. The lowest BCUT2D eigenvalue weighted by Crippen LogP contribution is -1.88. The van der Waals surface area contributed by atoms with Crippen LogP contribution in [0.2, 0.25) is 15.1 Å². The van der Waals surface area contributed by atoms with Gasteiger partial charge >= 0.3 is 0 Å². The van der Waals surface area contributed by atoms with E-state index in [2.05, 4.69) is 28.1 Å². The molecular formula is C13H8BrCl3. The minimum absolute atomic E-state index is 0.410. The Morgan fingerprint density at radius 2 is 1.35 bits per heavy atom. The molecule has 0 atom stereocenters. The van der Waals surface area contributed by atoms with Gasteiger partial charge in [-0.25, -0.2) is 0 Å². The summed E-state index contributed by atoms with van der Waals surface area (Å²) >= 11 is 21.3. The first-order chi connectivity index (χ1) is 8.06. The Morgan fingerprint density at radius 3 is 1.88 bits per heavy atom. The summed E-state index contributed by atoms with van der Waals surface area (Å²) in [6.07, 6.45) is 0.782. The van der Waals surface area contributed by atoms with Crippen molar-refractivity contribution in [2.45, 2.75) is 6.42 Å². The molecule has 0 bridgehead atoms. The normalized spacial score (nSPS) is 10.6. The average Bonchev–Trinajstić information content (AvgIpc) is 2.29. The van der Waals surface area contributed by atoms with Crippen LogP contribution < -0.4 is 0 Å². The van der Waals surface area contributed by atoms with Gasteiger partial charge in [0.05, 0.1) is 15.1 Å². The van der Waals surface area contributed by atoms with Crippen molar-refractivity contribution in [3.8, 4) is 0 Å².